The van der Waals surface area contributed by atoms with Gasteiger partial charge in [-0.2, -0.15) is 4.72 Å². The first-order valence-electron chi connectivity index (χ1n) is 10.5. The molecule has 1 N–H and O–H groups in total. The number of aromatic nitrogens is 1. The van der Waals surface area contributed by atoms with Crippen molar-refractivity contribution in [2.45, 2.75) is 44.7 Å². The summed E-state index contributed by atoms with van der Waals surface area (Å²) in [5.74, 6) is 0.952. The van der Waals surface area contributed by atoms with Crippen molar-refractivity contribution >= 4 is 15.9 Å². The summed E-state index contributed by atoms with van der Waals surface area (Å²) >= 11 is 0. The van der Waals surface area contributed by atoms with Gasteiger partial charge >= 0.3 is 0 Å². The number of carbonyl (C=O) groups excluding carboxylic acids is 1. The van der Waals surface area contributed by atoms with Crippen LogP contribution in [0.1, 0.15) is 29.5 Å². The van der Waals surface area contributed by atoms with Gasteiger partial charge in [-0.05, 0) is 38.0 Å². The molecule has 0 radical (unpaired) electrons. The predicted octanol–water partition coefficient (Wildman–Crippen LogP) is 1.24. The molecule has 0 aliphatic carbocycles. The summed E-state index contributed by atoms with van der Waals surface area (Å²) in [6, 6.07) is 5.45. The van der Waals surface area contributed by atoms with Crippen molar-refractivity contribution in [3.05, 3.63) is 40.8 Å². The van der Waals surface area contributed by atoms with Crippen molar-refractivity contribution in [1.82, 2.24) is 19.7 Å². The number of benzene rings is 1. The van der Waals surface area contributed by atoms with E-state index in [-0.39, 0.29) is 22.3 Å². The van der Waals surface area contributed by atoms with E-state index >= 15 is 0 Å². The molecule has 9 nitrogen and oxygen atoms in total. The molecule has 1 fully saturated rings. The van der Waals surface area contributed by atoms with Crippen molar-refractivity contribution < 1.29 is 22.5 Å². The molecule has 0 unspecified atom stereocenters. The van der Waals surface area contributed by atoms with Crippen molar-refractivity contribution in [2.24, 2.45) is 0 Å². The van der Waals surface area contributed by atoms with Gasteiger partial charge in [-0.25, -0.2) is 8.42 Å². The number of fused-ring (bicyclic) bond motifs is 1. The van der Waals surface area contributed by atoms with Gasteiger partial charge in [-0.3, -0.25) is 9.69 Å². The number of sulfonamides is 1. The topological polar surface area (TPSA) is 105 Å². The van der Waals surface area contributed by atoms with E-state index in [0.717, 1.165) is 38.4 Å². The Kier molecular flexibility index (Phi) is 6.05. The van der Waals surface area contributed by atoms with Crippen molar-refractivity contribution in [3.63, 3.8) is 0 Å². The predicted molar refractivity (Wildman–Crippen MR) is 113 cm³/mol. The van der Waals surface area contributed by atoms with E-state index in [2.05, 4.69) is 26.9 Å². The van der Waals surface area contributed by atoms with E-state index in [1.54, 1.807) is 18.7 Å². The molecule has 4 rings (SSSR count). The third-order valence-corrected chi connectivity index (χ3v) is 7.57. The molecular formula is C21H28N4O5S. The zero-order chi connectivity index (χ0) is 22.2. The van der Waals surface area contributed by atoms with Gasteiger partial charge in [-0.15, -0.1) is 0 Å². The van der Waals surface area contributed by atoms with Gasteiger partial charge in [-0.1, -0.05) is 17.3 Å². The molecule has 2 aliphatic heterocycles. The van der Waals surface area contributed by atoms with E-state index in [9.17, 15) is 13.2 Å². The zero-order valence-corrected chi connectivity index (χ0v) is 18.9. The zero-order valence-electron chi connectivity index (χ0n) is 18.1. The lowest BCUT2D eigenvalue weighted by Crippen LogP contribution is -2.53. The Morgan fingerprint density at radius 1 is 1.23 bits per heavy atom. The highest BCUT2D eigenvalue weighted by atomic mass is 32.2. The Labute approximate surface area is 182 Å². The summed E-state index contributed by atoms with van der Waals surface area (Å²) in [7, 11) is -3.89. The molecule has 1 saturated heterocycles. The number of nitrogens with zero attached hydrogens (tertiary/aromatic N) is 3. The Morgan fingerprint density at radius 3 is 2.65 bits per heavy atom. The molecule has 1 aromatic heterocycles. The van der Waals surface area contributed by atoms with E-state index < -0.39 is 16.1 Å². The van der Waals surface area contributed by atoms with Crippen LogP contribution in [0.5, 0.6) is 5.75 Å². The second kappa shape index (κ2) is 8.60. The highest BCUT2D eigenvalue weighted by Crippen LogP contribution is 2.26. The molecule has 2 aromatic rings. The minimum atomic E-state index is -3.89. The second-order valence-corrected chi connectivity index (χ2v) is 9.79. The minimum absolute atomic E-state index is 0.00304. The van der Waals surface area contributed by atoms with Gasteiger partial charge in [0.1, 0.15) is 16.3 Å². The van der Waals surface area contributed by atoms with Crippen LogP contribution in [0, 0.1) is 13.8 Å². The molecular weight excluding hydrogens is 420 g/mol. The smallest absolute Gasteiger partial charge is 0.246 e. The van der Waals surface area contributed by atoms with Crippen LogP contribution in [0.2, 0.25) is 0 Å². The first-order valence-corrected chi connectivity index (χ1v) is 11.9. The van der Waals surface area contributed by atoms with Crippen LogP contribution in [-0.2, 0) is 27.8 Å². The molecule has 1 atom stereocenters. The van der Waals surface area contributed by atoms with Gasteiger partial charge in [0.2, 0.25) is 15.9 Å². The first kappa shape index (κ1) is 21.8. The fourth-order valence-corrected chi connectivity index (χ4v) is 5.72. The van der Waals surface area contributed by atoms with Crippen LogP contribution in [0.3, 0.4) is 0 Å². The minimum Gasteiger partial charge on any atom is -0.493 e. The van der Waals surface area contributed by atoms with Crippen LogP contribution in [0.15, 0.2) is 27.6 Å². The molecule has 2 aliphatic rings. The van der Waals surface area contributed by atoms with Gasteiger partial charge in [0.25, 0.3) is 0 Å². The second-order valence-electron chi connectivity index (χ2n) is 8.14. The number of amides is 1. The Morgan fingerprint density at radius 2 is 1.97 bits per heavy atom. The summed E-state index contributed by atoms with van der Waals surface area (Å²) in [4.78, 5) is 16.9. The lowest BCUT2D eigenvalue weighted by atomic mass is 10.1. The lowest BCUT2D eigenvalue weighted by molar-refractivity contribution is -0.134. The molecule has 1 amide bonds. The summed E-state index contributed by atoms with van der Waals surface area (Å²) < 4.78 is 38.3. The molecule has 0 spiro atoms. The number of hydrogen-bond donors (Lipinski definition) is 1. The van der Waals surface area contributed by atoms with Crippen LogP contribution in [0.25, 0.3) is 0 Å². The average molecular weight is 449 g/mol. The SMILES string of the molecule is Cc1noc(C)c1S(=O)(=O)N[C@@H](C)C(=O)N1CCN(Cc2ccc3c(c2)CCO3)CC1. The standard InChI is InChI=1S/C21H28N4O5S/c1-14-20(16(3)30-22-14)31(27,28)23-15(2)21(26)25-9-7-24(8-10-25)13-17-4-5-19-18(12-17)6-11-29-19/h4-5,12,15,23H,6-11,13H2,1-3H3/t15-/m0/s1. The molecule has 0 saturated carbocycles. The maximum atomic E-state index is 12.8. The number of aryl methyl sites for hydroxylation is 2. The van der Waals surface area contributed by atoms with Gasteiger partial charge in [0.15, 0.2) is 5.76 Å². The Balaban J connectivity index is 1.31. The van der Waals surface area contributed by atoms with Crippen LogP contribution in [-0.4, -0.2) is 68.1 Å². The summed E-state index contributed by atoms with van der Waals surface area (Å²) in [6.45, 7) is 8.83. The quantitative estimate of drug-likeness (QED) is 0.709. The normalized spacial score (nSPS) is 18.0. The number of ether oxygens (including phenoxy) is 1. The highest BCUT2D eigenvalue weighted by molar-refractivity contribution is 7.89. The van der Waals surface area contributed by atoms with E-state index in [1.165, 1.54) is 18.1 Å². The average Bonchev–Trinajstić information content (AvgIpc) is 3.33. The summed E-state index contributed by atoms with van der Waals surface area (Å²) in [5, 5.41) is 3.68. The van der Waals surface area contributed by atoms with E-state index in [1.807, 2.05) is 6.07 Å². The number of hydrogen-bond acceptors (Lipinski definition) is 7. The third kappa shape index (κ3) is 4.60. The lowest BCUT2D eigenvalue weighted by Gasteiger charge is -2.36. The number of carbonyl (C=O) groups is 1. The van der Waals surface area contributed by atoms with Crippen molar-refractivity contribution in [2.75, 3.05) is 32.8 Å². The molecule has 0 bridgehead atoms. The summed E-state index contributed by atoms with van der Waals surface area (Å²) in [6.07, 6.45) is 0.952. The largest absolute Gasteiger partial charge is 0.493 e. The number of piperazine rings is 1. The van der Waals surface area contributed by atoms with Gasteiger partial charge in [0.05, 0.1) is 12.6 Å². The molecule has 10 heteroatoms. The molecule has 31 heavy (non-hydrogen) atoms. The summed E-state index contributed by atoms with van der Waals surface area (Å²) in [5.41, 5.74) is 2.77. The molecule has 3 heterocycles. The Hall–Kier alpha value is -2.43. The van der Waals surface area contributed by atoms with Crippen molar-refractivity contribution in [1.29, 1.82) is 0 Å². The van der Waals surface area contributed by atoms with Crippen LogP contribution in [0.4, 0.5) is 0 Å². The molecule has 168 valence electrons. The fraction of sp³-hybridized carbons (Fsp3) is 0.524. The van der Waals surface area contributed by atoms with Crippen LogP contribution >= 0.6 is 0 Å². The maximum Gasteiger partial charge on any atom is 0.246 e. The van der Waals surface area contributed by atoms with E-state index in [0.29, 0.717) is 13.1 Å². The van der Waals surface area contributed by atoms with Gasteiger partial charge in [0, 0.05) is 39.1 Å². The van der Waals surface area contributed by atoms with Gasteiger partial charge < -0.3 is 14.2 Å². The first-order chi connectivity index (χ1) is 14.7. The Bertz CT molecular complexity index is 1050. The number of nitrogens with one attached hydrogen (secondary N) is 1. The maximum absolute atomic E-state index is 12.8. The van der Waals surface area contributed by atoms with E-state index in [4.69, 9.17) is 9.26 Å². The van der Waals surface area contributed by atoms with Crippen molar-refractivity contribution in [3.8, 4) is 5.75 Å². The van der Waals surface area contributed by atoms with Crippen LogP contribution < -0.4 is 9.46 Å². The fourth-order valence-electron chi connectivity index (χ4n) is 4.20. The third-order valence-electron chi connectivity index (χ3n) is 5.78. The molecule has 1 aromatic carbocycles. The monoisotopic (exact) mass is 448 g/mol. The number of rotatable bonds is 6. The highest BCUT2D eigenvalue weighted by Gasteiger charge is 2.31.